The Kier molecular flexibility index (Phi) is 8.68. The standard InChI is InChI=1S/C26H27N5O3S.C2H6/c1-16-13-18(20-5-3-4-6-22(20)27-16)15-34-19-9-7-17(8-10-19)24(32)28-23-11-12-31(2)14-21(23)25-29-30-26(33)35-25;1-2/h3-10,13,21,23H,11-12,14-15H2,1-2H3,(H,28,32)(H,30,33);1-2H3. The van der Waals surface area contributed by atoms with Crippen molar-refractivity contribution in [3.63, 3.8) is 0 Å². The molecule has 194 valence electrons. The van der Waals surface area contributed by atoms with Gasteiger partial charge in [0.15, 0.2) is 0 Å². The van der Waals surface area contributed by atoms with Crippen molar-refractivity contribution in [3.05, 3.63) is 86.1 Å². The number of nitrogens with one attached hydrogen (secondary N) is 2. The normalized spacial score (nSPS) is 17.6. The Morgan fingerprint density at radius 2 is 1.95 bits per heavy atom. The summed E-state index contributed by atoms with van der Waals surface area (Å²) in [5, 5.41) is 11.6. The zero-order valence-corrected chi connectivity index (χ0v) is 22.5. The SMILES string of the molecule is CC.Cc1cc(COc2ccc(C(=O)NC3CCN(C)CC3c3n[nH]c(=O)s3)cc2)c2ccccc2n1. The minimum Gasteiger partial charge on any atom is -0.489 e. The maximum Gasteiger partial charge on any atom is 0.322 e. The summed E-state index contributed by atoms with van der Waals surface area (Å²) in [5.74, 6) is 0.524. The second kappa shape index (κ2) is 12.1. The molecule has 8 nitrogen and oxygen atoms in total. The summed E-state index contributed by atoms with van der Waals surface area (Å²) in [6.07, 6.45) is 0.793. The van der Waals surface area contributed by atoms with Gasteiger partial charge in [0.25, 0.3) is 5.91 Å². The molecule has 2 aromatic heterocycles. The number of ether oxygens (including phenoxy) is 1. The zero-order chi connectivity index (χ0) is 26.4. The molecule has 5 rings (SSSR count). The molecule has 9 heteroatoms. The number of likely N-dealkylation sites (N-methyl/N-ethyl adjacent to an activating group) is 1. The molecule has 2 N–H and O–H groups in total. The molecular formula is C28H33N5O3S. The fourth-order valence-corrected chi connectivity index (χ4v) is 5.33. The van der Waals surface area contributed by atoms with Crippen LogP contribution in [-0.4, -0.2) is 52.2 Å². The molecule has 1 aliphatic heterocycles. The van der Waals surface area contributed by atoms with E-state index in [-0.39, 0.29) is 22.7 Å². The van der Waals surface area contributed by atoms with E-state index in [1.807, 2.05) is 70.3 Å². The Labute approximate surface area is 220 Å². The van der Waals surface area contributed by atoms with E-state index in [4.69, 9.17) is 4.74 Å². The van der Waals surface area contributed by atoms with Gasteiger partial charge in [-0.05, 0) is 63.3 Å². The molecule has 2 atom stereocenters. The van der Waals surface area contributed by atoms with E-state index in [1.54, 1.807) is 12.1 Å². The van der Waals surface area contributed by atoms with Crippen LogP contribution in [-0.2, 0) is 6.61 Å². The van der Waals surface area contributed by atoms with Crippen molar-refractivity contribution < 1.29 is 9.53 Å². The van der Waals surface area contributed by atoms with E-state index in [0.29, 0.717) is 17.9 Å². The van der Waals surface area contributed by atoms with Crippen LogP contribution < -0.4 is 14.9 Å². The van der Waals surface area contributed by atoms with E-state index < -0.39 is 0 Å². The van der Waals surface area contributed by atoms with Crippen molar-refractivity contribution in [3.8, 4) is 5.75 Å². The molecule has 0 aliphatic carbocycles. The molecule has 0 radical (unpaired) electrons. The number of aromatic nitrogens is 3. The maximum absolute atomic E-state index is 13.0. The third-order valence-corrected chi connectivity index (χ3v) is 7.22. The quantitative estimate of drug-likeness (QED) is 0.389. The van der Waals surface area contributed by atoms with Gasteiger partial charge in [-0.2, -0.15) is 5.10 Å². The van der Waals surface area contributed by atoms with Gasteiger partial charge in [-0.3, -0.25) is 14.6 Å². The molecule has 0 bridgehead atoms. The lowest BCUT2D eigenvalue weighted by atomic mass is 9.92. The number of fused-ring (bicyclic) bond motifs is 1. The molecule has 1 saturated heterocycles. The number of carbonyl (C=O) groups is 1. The Morgan fingerprint density at radius 1 is 1.19 bits per heavy atom. The van der Waals surface area contributed by atoms with Gasteiger partial charge in [-0.25, -0.2) is 5.10 Å². The molecule has 1 aliphatic rings. The van der Waals surface area contributed by atoms with Crippen LogP contribution in [0.4, 0.5) is 0 Å². The number of hydrogen-bond acceptors (Lipinski definition) is 7. The number of benzene rings is 2. The topological polar surface area (TPSA) is 100 Å². The van der Waals surface area contributed by atoms with Crippen LogP contribution in [0.5, 0.6) is 5.75 Å². The van der Waals surface area contributed by atoms with Crippen molar-refractivity contribution in [1.82, 2.24) is 25.4 Å². The van der Waals surface area contributed by atoms with Crippen LogP contribution in [0.15, 0.2) is 59.4 Å². The highest BCUT2D eigenvalue weighted by Crippen LogP contribution is 2.27. The van der Waals surface area contributed by atoms with E-state index in [9.17, 15) is 9.59 Å². The molecule has 3 heterocycles. The molecular weight excluding hydrogens is 486 g/mol. The van der Waals surface area contributed by atoms with Crippen molar-refractivity contribution in [2.75, 3.05) is 20.1 Å². The third-order valence-electron chi connectivity index (χ3n) is 6.35. The minimum absolute atomic E-state index is 0.0251. The summed E-state index contributed by atoms with van der Waals surface area (Å²) in [6.45, 7) is 8.00. The highest BCUT2D eigenvalue weighted by Gasteiger charge is 2.32. The lowest BCUT2D eigenvalue weighted by Gasteiger charge is -2.35. The first-order chi connectivity index (χ1) is 18.0. The summed E-state index contributed by atoms with van der Waals surface area (Å²) in [7, 11) is 2.04. The first kappa shape index (κ1) is 26.5. The highest BCUT2D eigenvalue weighted by atomic mass is 32.1. The average molecular weight is 520 g/mol. The maximum atomic E-state index is 13.0. The minimum atomic E-state index is -0.177. The zero-order valence-electron chi connectivity index (χ0n) is 21.7. The third kappa shape index (κ3) is 6.42. The van der Waals surface area contributed by atoms with Crippen molar-refractivity contribution in [2.45, 2.75) is 45.8 Å². The number of amides is 1. The predicted molar refractivity (Wildman–Crippen MR) is 147 cm³/mol. The molecule has 0 saturated carbocycles. The monoisotopic (exact) mass is 519 g/mol. The lowest BCUT2D eigenvalue weighted by Crippen LogP contribution is -2.48. The van der Waals surface area contributed by atoms with Crippen molar-refractivity contribution >= 4 is 28.1 Å². The van der Waals surface area contributed by atoms with Gasteiger partial charge in [0.2, 0.25) is 0 Å². The number of aryl methyl sites for hydroxylation is 1. The second-order valence-electron chi connectivity index (χ2n) is 8.94. The van der Waals surface area contributed by atoms with Gasteiger partial charge in [0, 0.05) is 40.7 Å². The van der Waals surface area contributed by atoms with Gasteiger partial charge in [0.05, 0.1) is 5.52 Å². The van der Waals surface area contributed by atoms with Crippen LogP contribution in [0.3, 0.4) is 0 Å². The van der Waals surface area contributed by atoms with Crippen LogP contribution in [0.2, 0.25) is 0 Å². The van der Waals surface area contributed by atoms with Gasteiger partial charge in [0.1, 0.15) is 17.4 Å². The highest BCUT2D eigenvalue weighted by molar-refractivity contribution is 7.08. The number of rotatable bonds is 6. The molecule has 1 fully saturated rings. The van der Waals surface area contributed by atoms with Gasteiger partial charge in [-0.15, -0.1) is 0 Å². The summed E-state index contributed by atoms with van der Waals surface area (Å²) in [6, 6.07) is 17.2. The van der Waals surface area contributed by atoms with Crippen LogP contribution in [0.1, 0.15) is 52.8 Å². The largest absolute Gasteiger partial charge is 0.489 e. The number of nitrogens with zero attached hydrogens (tertiary/aromatic N) is 3. The molecule has 37 heavy (non-hydrogen) atoms. The van der Waals surface area contributed by atoms with Crippen LogP contribution in [0.25, 0.3) is 10.9 Å². The van der Waals surface area contributed by atoms with E-state index in [2.05, 4.69) is 25.4 Å². The first-order valence-corrected chi connectivity index (χ1v) is 13.4. The number of para-hydroxylation sites is 1. The average Bonchev–Trinajstić information content (AvgIpc) is 3.35. The number of H-pyrrole nitrogens is 1. The first-order valence-electron chi connectivity index (χ1n) is 12.6. The Balaban J connectivity index is 0.00000156. The Hall–Kier alpha value is -3.56. The number of likely N-dealkylation sites (tertiary alicyclic amines) is 1. The number of piperidine rings is 1. The fourth-order valence-electron chi connectivity index (χ4n) is 4.57. The molecule has 2 unspecified atom stereocenters. The lowest BCUT2D eigenvalue weighted by molar-refractivity contribution is 0.0904. The molecule has 0 spiro atoms. The smallest absolute Gasteiger partial charge is 0.322 e. The van der Waals surface area contributed by atoms with Gasteiger partial charge < -0.3 is 15.0 Å². The molecule has 4 aromatic rings. The number of aromatic amines is 1. The van der Waals surface area contributed by atoms with E-state index >= 15 is 0 Å². The van der Waals surface area contributed by atoms with Crippen LogP contribution in [0, 0.1) is 6.92 Å². The van der Waals surface area contributed by atoms with Crippen molar-refractivity contribution in [2.24, 2.45) is 0 Å². The molecule has 1 amide bonds. The fraction of sp³-hybridized carbons (Fsp3) is 0.357. The Morgan fingerprint density at radius 3 is 2.68 bits per heavy atom. The van der Waals surface area contributed by atoms with E-state index in [1.165, 1.54) is 0 Å². The second-order valence-corrected chi connectivity index (χ2v) is 9.93. The molecule has 2 aromatic carbocycles. The number of hydrogen-bond donors (Lipinski definition) is 2. The predicted octanol–water partition coefficient (Wildman–Crippen LogP) is 4.51. The summed E-state index contributed by atoms with van der Waals surface area (Å²) in [5.41, 5.74) is 3.54. The van der Waals surface area contributed by atoms with E-state index in [0.717, 1.165) is 58.0 Å². The summed E-state index contributed by atoms with van der Waals surface area (Å²) in [4.78, 5) is 31.2. The van der Waals surface area contributed by atoms with Gasteiger partial charge in [-0.1, -0.05) is 43.4 Å². The summed E-state index contributed by atoms with van der Waals surface area (Å²) >= 11 is 1.11. The van der Waals surface area contributed by atoms with Gasteiger partial charge >= 0.3 is 4.87 Å². The summed E-state index contributed by atoms with van der Waals surface area (Å²) < 4.78 is 6.02. The van der Waals surface area contributed by atoms with Crippen LogP contribution >= 0.6 is 11.3 Å². The Bertz CT molecular complexity index is 1400. The number of carbonyl (C=O) groups excluding carboxylic acids is 1. The number of pyridine rings is 1. The van der Waals surface area contributed by atoms with Crippen molar-refractivity contribution in [1.29, 1.82) is 0 Å².